The molecular formula is C13H17BrN2O2. The Hall–Kier alpha value is -0.910. The van der Waals surface area contributed by atoms with Crippen LogP contribution in [0, 0.1) is 0 Å². The number of hydrogen-bond donors (Lipinski definition) is 2. The van der Waals surface area contributed by atoms with Gasteiger partial charge in [-0.05, 0) is 37.5 Å². The number of nitrogens with two attached hydrogens (primary N) is 1. The van der Waals surface area contributed by atoms with Gasteiger partial charge in [-0.25, -0.2) is 0 Å². The van der Waals surface area contributed by atoms with Gasteiger partial charge in [-0.15, -0.1) is 0 Å². The Kier molecular flexibility index (Phi) is 4.74. The predicted octanol–water partition coefficient (Wildman–Crippen LogP) is 2.28. The molecule has 3 N–H and O–H groups in total. The standard InChI is InChI=1S/C13H17BrN2O2/c14-9-3-1-4-10(7-9)16-13(17)8-18-12-6-2-5-11(12)15/h1,3-4,7,11-12H,2,5-6,8,15H2,(H,16,17). The largest absolute Gasteiger partial charge is 0.367 e. The highest BCUT2D eigenvalue weighted by atomic mass is 79.9. The fourth-order valence-corrected chi connectivity index (χ4v) is 2.51. The average Bonchev–Trinajstić information content (AvgIpc) is 2.72. The van der Waals surface area contributed by atoms with Crippen LogP contribution in [0.1, 0.15) is 19.3 Å². The van der Waals surface area contributed by atoms with E-state index in [1.54, 1.807) is 0 Å². The van der Waals surface area contributed by atoms with Crippen molar-refractivity contribution in [2.45, 2.75) is 31.4 Å². The summed E-state index contributed by atoms with van der Waals surface area (Å²) in [5, 5.41) is 2.79. The summed E-state index contributed by atoms with van der Waals surface area (Å²) in [5.41, 5.74) is 6.63. The second-order valence-electron chi connectivity index (χ2n) is 4.50. The van der Waals surface area contributed by atoms with Gasteiger partial charge in [0.2, 0.25) is 5.91 Å². The van der Waals surface area contributed by atoms with Gasteiger partial charge < -0.3 is 15.8 Å². The summed E-state index contributed by atoms with van der Waals surface area (Å²) >= 11 is 3.35. The van der Waals surface area contributed by atoms with E-state index in [-0.39, 0.29) is 24.7 Å². The van der Waals surface area contributed by atoms with Gasteiger partial charge in [0.1, 0.15) is 6.61 Å². The number of benzene rings is 1. The fourth-order valence-electron chi connectivity index (χ4n) is 2.11. The molecule has 1 aliphatic carbocycles. The van der Waals surface area contributed by atoms with Gasteiger partial charge in [0.05, 0.1) is 6.10 Å². The Balaban J connectivity index is 1.78. The van der Waals surface area contributed by atoms with Gasteiger partial charge in [-0.2, -0.15) is 0 Å². The number of carbonyl (C=O) groups excluding carboxylic acids is 1. The molecule has 1 saturated carbocycles. The Bertz CT molecular complexity index is 425. The van der Waals surface area contributed by atoms with Gasteiger partial charge in [-0.1, -0.05) is 22.0 Å². The number of ether oxygens (including phenoxy) is 1. The first kappa shape index (κ1) is 13.5. The Morgan fingerprint density at radius 2 is 2.33 bits per heavy atom. The van der Waals surface area contributed by atoms with E-state index in [9.17, 15) is 4.79 Å². The van der Waals surface area contributed by atoms with E-state index in [2.05, 4.69) is 21.2 Å². The van der Waals surface area contributed by atoms with Crippen LogP contribution >= 0.6 is 15.9 Å². The van der Waals surface area contributed by atoms with E-state index >= 15 is 0 Å². The zero-order valence-corrected chi connectivity index (χ0v) is 11.7. The highest BCUT2D eigenvalue weighted by molar-refractivity contribution is 9.10. The summed E-state index contributed by atoms with van der Waals surface area (Å²) in [6, 6.07) is 7.53. The third-order valence-corrected chi connectivity index (χ3v) is 3.53. The summed E-state index contributed by atoms with van der Waals surface area (Å²) < 4.78 is 6.46. The molecule has 98 valence electrons. The van der Waals surface area contributed by atoms with Crippen LogP contribution in [-0.2, 0) is 9.53 Å². The molecule has 1 fully saturated rings. The average molecular weight is 313 g/mol. The van der Waals surface area contributed by atoms with Crippen molar-refractivity contribution in [3.63, 3.8) is 0 Å². The molecule has 0 saturated heterocycles. The monoisotopic (exact) mass is 312 g/mol. The molecular weight excluding hydrogens is 296 g/mol. The van der Waals surface area contributed by atoms with Crippen molar-refractivity contribution in [1.29, 1.82) is 0 Å². The second-order valence-corrected chi connectivity index (χ2v) is 5.42. The lowest BCUT2D eigenvalue weighted by Gasteiger charge is -2.16. The Labute approximate surface area is 115 Å². The number of anilines is 1. The summed E-state index contributed by atoms with van der Waals surface area (Å²) in [6.45, 7) is 0.0604. The predicted molar refractivity (Wildman–Crippen MR) is 74.3 cm³/mol. The number of carbonyl (C=O) groups is 1. The minimum Gasteiger partial charge on any atom is -0.367 e. The summed E-state index contributed by atoms with van der Waals surface area (Å²) in [4.78, 5) is 11.7. The van der Waals surface area contributed by atoms with Crippen molar-refractivity contribution in [3.8, 4) is 0 Å². The Morgan fingerprint density at radius 1 is 1.50 bits per heavy atom. The molecule has 5 heteroatoms. The Morgan fingerprint density at radius 3 is 3.00 bits per heavy atom. The van der Waals surface area contributed by atoms with Crippen molar-refractivity contribution in [3.05, 3.63) is 28.7 Å². The molecule has 0 bridgehead atoms. The number of nitrogens with one attached hydrogen (secondary N) is 1. The first-order valence-corrected chi connectivity index (χ1v) is 6.87. The van der Waals surface area contributed by atoms with Crippen LogP contribution in [0.4, 0.5) is 5.69 Å². The summed E-state index contributed by atoms with van der Waals surface area (Å²) in [6.07, 6.45) is 3.04. The van der Waals surface area contributed by atoms with Crippen LogP contribution < -0.4 is 11.1 Å². The molecule has 0 heterocycles. The molecule has 0 aromatic heterocycles. The maximum absolute atomic E-state index is 11.7. The third kappa shape index (κ3) is 3.80. The first-order valence-electron chi connectivity index (χ1n) is 6.08. The minimum absolute atomic E-state index is 0.0262. The second kappa shape index (κ2) is 6.31. The number of rotatable bonds is 4. The van der Waals surface area contributed by atoms with E-state index in [0.717, 1.165) is 29.4 Å². The maximum Gasteiger partial charge on any atom is 0.250 e. The zero-order valence-electron chi connectivity index (χ0n) is 10.1. The van der Waals surface area contributed by atoms with Crippen LogP contribution in [0.2, 0.25) is 0 Å². The fraction of sp³-hybridized carbons (Fsp3) is 0.462. The lowest BCUT2D eigenvalue weighted by Crippen LogP contribution is -2.33. The van der Waals surface area contributed by atoms with E-state index in [1.165, 1.54) is 0 Å². The van der Waals surface area contributed by atoms with Gasteiger partial charge in [0, 0.05) is 16.2 Å². The van der Waals surface area contributed by atoms with Crippen LogP contribution in [-0.4, -0.2) is 24.7 Å². The van der Waals surface area contributed by atoms with Crippen LogP contribution in [0.15, 0.2) is 28.7 Å². The quantitative estimate of drug-likeness (QED) is 0.896. The maximum atomic E-state index is 11.7. The first-order chi connectivity index (χ1) is 8.65. The van der Waals surface area contributed by atoms with Gasteiger partial charge in [-0.3, -0.25) is 4.79 Å². The molecule has 1 amide bonds. The molecule has 2 rings (SSSR count). The lowest BCUT2D eigenvalue weighted by atomic mass is 10.2. The number of halogens is 1. The third-order valence-electron chi connectivity index (χ3n) is 3.04. The molecule has 0 radical (unpaired) electrons. The molecule has 4 nitrogen and oxygen atoms in total. The number of amides is 1. The number of hydrogen-bond acceptors (Lipinski definition) is 3. The molecule has 2 unspecified atom stereocenters. The van der Waals surface area contributed by atoms with Crippen molar-refractivity contribution < 1.29 is 9.53 Å². The van der Waals surface area contributed by atoms with E-state index in [0.29, 0.717) is 0 Å². The van der Waals surface area contributed by atoms with Crippen molar-refractivity contribution >= 4 is 27.5 Å². The topological polar surface area (TPSA) is 64.3 Å². The van der Waals surface area contributed by atoms with Gasteiger partial charge in [0.25, 0.3) is 0 Å². The van der Waals surface area contributed by atoms with Crippen LogP contribution in [0.25, 0.3) is 0 Å². The molecule has 1 aromatic carbocycles. The van der Waals surface area contributed by atoms with Crippen LogP contribution in [0.5, 0.6) is 0 Å². The van der Waals surface area contributed by atoms with Crippen molar-refractivity contribution in [1.82, 2.24) is 0 Å². The van der Waals surface area contributed by atoms with Crippen molar-refractivity contribution in [2.75, 3.05) is 11.9 Å². The van der Waals surface area contributed by atoms with Crippen LogP contribution in [0.3, 0.4) is 0 Å². The SMILES string of the molecule is NC1CCCC1OCC(=O)Nc1cccc(Br)c1. The lowest BCUT2D eigenvalue weighted by molar-refractivity contribution is -0.122. The van der Waals surface area contributed by atoms with Crippen molar-refractivity contribution in [2.24, 2.45) is 5.73 Å². The van der Waals surface area contributed by atoms with E-state index < -0.39 is 0 Å². The van der Waals surface area contributed by atoms with E-state index in [4.69, 9.17) is 10.5 Å². The smallest absolute Gasteiger partial charge is 0.250 e. The summed E-state index contributed by atoms with van der Waals surface area (Å²) in [5.74, 6) is -0.146. The highest BCUT2D eigenvalue weighted by Gasteiger charge is 2.25. The van der Waals surface area contributed by atoms with Gasteiger partial charge >= 0.3 is 0 Å². The highest BCUT2D eigenvalue weighted by Crippen LogP contribution is 2.20. The molecule has 0 aliphatic heterocycles. The zero-order chi connectivity index (χ0) is 13.0. The molecule has 1 aliphatic rings. The van der Waals surface area contributed by atoms with E-state index in [1.807, 2.05) is 24.3 Å². The van der Waals surface area contributed by atoms with Gasteiger partial charge in [0.15, 0.2) is 0 Å². The molecule has 1 aromatic rings. The molecule has 2 atom stereocenters. The molecule has 0 spiro atoms. The minimum atomic E-state index is -0.146. The molecule has 18 heavy (non-hydrogen) atoms. The summed E-state index contributed by atoms with van der Waals surface area (Å²) in [7, 11) is 0. The normalized spacial score (nSPS) is 23.0.